The quantitative estimate of drug-likeness (QED) is 0.748. The number of hydrogen-bond donors (Lipinski definition) is 0. The summed E-state index contributed by atoms with van der Waals surface area (Å²) in [5.74, 6) is 3.48. The second kappa shape index (κ2) is 7.67. The summed E-state index contributed by atoms with van der Waals surface area (Å²) in [5.41, 5.74) is 1.06. The van der Waals surface area contributed by atoms with Gasteiger partial charge < -0.3 is 19.1 Å². The van der Waals surface area contributed by atoms with E-state index in [1.54, 1.807) is 0 Å². The van der Waals surface area contributed by atoms with E-state index < -0.39 is 0 Å². The Kier molecular flexibility index (Phi) is 4.90. The van der Waals surface area contributed by atoms with Crippen molar-refractivity contribution in [2.24, 2.45) is 0 Å². The summed E-state index contributed by atoms with van der Waals surface area (Å²) in [7, 11) is 2.14. The zero-order chi connectivity index (χ0) is 18.9. The first-order valence-electron chi connectivity index (χ1n) is 10.3. The van der Waals surface area contributed by atoms with E-state index in [2.05, 4.69) is 38.0 Å². The van der Waals surface area contributed by atoms with Crippen LogP contribution in [0.1, 0.15) is 36.6 Å². The van der Waals surface area contributed by atoms with Gasteiger partial charge in [-0.2, -0.15) is 4.98 Å². The van der Waals surface area contributed by atoms with Gasteiger partial charge >= 0.3 is 0 Å². The van der Waals surface area contributed by atoms with Gasteiger partial charge in [-0.15, -0.1) is 0 Å². The Bertz CT molecular complexity index is 801. The number of nitrogens with zero attached hydrogens (tertiary/aromatic N) is 6. The molecular formula is C20H28N6O2. The van der Waals surface area contributed by atoms with Crippen molar-refractivity contribution in [3.63, 3.8) is 0 Å². The van der Waals surface area contributed by atoms with E-state index >= 15 is 0 Å². The van der Waals surface area contributed by atoms with E-state index in [0.717, 1.165) is 75.6 Å². The van der Waals surface area contributed by atoms with Gasteiger partial charge in [0.1, 0.15) is 11.6 Å². The molecule has 0 bridgehead atoms. The van der Waals surface area contributed by atoms with E-state index in [9.17, 15) is 0 Å². The minimum Gasteiger partial charge on any atom is -0.378 e. The summed E-state index contributed by atoms with van der Waals surface area (Å²) < 4.78 is 10.9. The molecule has 1 aliphatic carbocycles. The lowest BCUT2D eigenvalue weighted by atomic mass is 10.2. The van der Waals surface area contributed by atoms with Crippen LogP contribution in [0.2, 0.25) is 0 Å². The SMILES string of the molecule is CN(c1ccnc(N2CCOCC2)n1)C1CCN(Cc2cc(C3CC3)on2)C1. The van der Waals surface area contributed by atoms with Crippen molar-refractivity contribution in [3.8, 4) is 0 Å². The van der Waals surface area contributed by atoms with Crippen molar-refractivity contribution < 1.29 is 9.26 Å². The summed E-state index contributed by atoms with van der Waals surface area (Å²) in [4.78, 5) is 16.2. The van der Waals surface area contributed by atoms with Gasteiger partial charge in [-0.25, -0.2) is 4.98 Å². The summed E-state index contributed by atoms with van der Waals surface area (Å²) in [5, 5.41) is 4.27. The molecule has 1 unspecified atom stereocenters. The Morgan fingerprint density at radius 2 is 2.04 bits per heavy atom. The standard InChI is InChI=1S/C20H28N6O2/c1-24(19-4-6-21-20(22-19)26-8-10-27-11-9-26)17-5-7-25(14-17)13-16-12-18(28-23-16)15-2-3-15/h4,6,12,15,17H,2-3,5,7-11,13-14H2,1H3. The van der Waals surface area contributed by atoms with E-state index in [-0.39, 0.29) is 0 Å². The van der Waals surface area contributed by atoms with Crippen LogP contribution in [-0.2, 0) is 11.3 Å². The smallest absolute Gasteiger partial charge is 0.227 e. The Morgan fingerprint density at radius 1 is 1.18 bits per heavy atom. The predicted octanol–water partition coefficient (Wildman–Crippen LogP) is 1.89. The molecule has 2 aromatic heterocycles. The first kappa shape index (κ1) is 17.9. The maximum atomic E-state index is 5.50. The Labute approximate surface area is 165 Å². The minimum absolute atomic E-state index is 0.447. The number of rotatable bonds is 6. The number of morpholine rings is 1. The second-order valence-electron chi connectivity index (χ2n) is 8.10. The van der Waals surface area contributed by atoms with E-state index in [1.165, 1.54) is 12.8 Å². The van der Waals surface area contributed by atoms with Crippen LogP contribution in [0, 0.1) is 0 Å². The summed E-state index contributed by atoms with van der Waals surface area (Å²) in [6, 6.07) is 4.60. The van der Waals surface area contributed by atoms with Crippen molar-refractivity contribution >= 4 is 11.8 Å². The maximum Gasteiger partial charge on any atom is 0.227 e. The summed E-state index contributed by atoms with van der Waals surface area (Å²) in [6.45, 7) is 6.14. The van der Waals surface area contributed by atoms with Gasteiger partial charge in [0.15, 0.2) is 0 Å². The molecule has 2 aromatic rings. The zero-order valence-electron chi connectivity index (χ0n) is 16.5. The topological polar surface area (TPSA) is 70.8 Å². The van der Waals surface area contributed by atoms with Crippen LogP contribution in [0.15, 0.2) is 22.9 Å². The average Bonchev–Trinajstić information content (AvgIpc) is 3.32. The number of hydrogen-bond acceptors (Lipinski definition) is 8. The van der Waals surface area contributed by atoms with Gasteiger partial charge in [0, 0.05) is 64.0 Å². The monoisotopic (exact) mass is 384 g/mol. The first-order chi connectivity index (χ1) is 13.8. The molecule has 5 rings (SSSR count). The number of likely N-dealkylation sites (N-methyl/N-ethyl adjacent to an activating group) is 1. The molecule has 2 aliphatic heterocycles. The maximum absolute atomic E-state index is 5.50. The van der Waals surface area contributed by atoms with Crippen LogP contribution in [0.25, 0.3) is 0 Å². The van der Waals surface area contributed by atoms with Gasteiger partial charge in [-0.1, -0.05) is 5.16 Å². The third-order valence-electron chi connectivity index (χ3n) is 6.02. The molecule has 4 heterocycles. The van der Waals surface area contributed by atoms with Crippen LogP contribution in [-0.4, -0.2) is 72.5 Å². The van der Waals surface area contributed by atoms with Crippen molar-refractivity contribution in [1.82, 2.24) is 20.0 Å². The molecule has 1 saturated carbocycles. The predicted molar refractivity (Wildman–Crippen MR) is 106 cm³/mol. The highest BCUT2D eigenvalue weighted by atomic mass is 16.5. The molecular weight excluding hydrogens is 356 g/mol. The van der Waals surface area contributed by atoms with Crippen LogP contribution >= 0.6 is 0 Å². The third-order valence-corrected chi connectivity index (χ3v) is 6.02. The Morgan fingerprint density at radius 3 is 2.86 bits per heavy atom. The first-order valence-corrected chi connectivity index (χ1v) is 10.3. The number of likely N-dealkylation sites (tertiary alicyclic amines) is 1. The Hall–Kier alpha value is -2.19. The molecule has 150 valence electrons. The highest BCUT2D eigenvalue weighted by Crippen LogP contribution is 2.40. The van der Waals surface area contributed by atoms with Gasteiger partial charge in [0.05, 0.1) is 18.9 Å². The van der Waals surface area contributed by atoms with Gasteiger partial charge in [-0.05, 0) is 25.3 Å². The van der Waals surface area contributed by atoms with Crippen LogP contribution in [0.5, 0.6) is 0 Å². The van der Waals surface area contributed by atoms with Crippen molar-refractivity contribution in [1.29, 1.82) is 0 Å². The molecule has 1 atom stereocenters. The molecule has 3 fully saturated rings. The van der Waals surface area contributed by atoms with E-state index in [1.807, 2.05) is 12.3 Å². The lowest BCUT2D eigenvalue weighted by molar-refractivity contribution is 0.122. The largest absolute Gasteiger partial charge is 0.378 e. The molecule has 0 radical (unpaired) electrons. The number of ether oxygens (including phenoxy) is 1. The van der Waals surface area contributed by atoms with Crippen LogP contribution in [0.3, 0.4) is 0 Å². The summed E-state index contributed by atoms with van der Waals surface area (Å²) >= 11 is 0. The van der Waals surface area contributed by atoms with Crippen molar-refractivity contribution in [2.75, 3.05) is 56.2 Å². The molecule has 8 heteroatoms. The molecule has 28 heavy (non-hydrogen) atoms. The molecule has 0 N–H and O–H groups in total. The number of anilines is 2. The van der Waals surface area contributed by atoms with Gasteiger partial charge in [0.2, 0.25) is 5.95 Å². The highest BCUT2D eigenvalue weighted by molar-refractivity contribution is 5.44. The van der Waals surface area contributed by atoms with Gasteiger partial charge in [0.25, 0.3) is 0 Å². The zero-order valence-corrected chi connectivity index (χ0v) is 16.5. The lowest BCUT2D eigenvalue weighted by Gasteiger charge is -2.29. The molecule has 2 saturated heterocycles. The number of aromatic nitrogens is 3. The summed E-state index contributed by atoms with van der Waals surface area (Å²) in [6.07, 6.45) is 5.49. The van der Waals surface area contributed by atoms with Crippen LogP contribution in [0.4, 0.5) is 11.8 Å². The van der Waals surface area contributed by atoms with Crippen molar-refractivity contribution in [2.45, 2.75) is 37.8 Å². The Balaban J connectivity index is 1.20. The second-order valence-corrected chi connectivity index (χ2v) is 8.10. The minimum atomic E-state index is 0.447. The molecule has 0 amide bonds. The molecule has 8 nitrogen and oxygen atoms in total. The molecule has 3 aliphatic rings. The normalized spacial score (nSPS) is 23.3. The van der Waals surface area contributed by atoms with E-state index in [4.69, 9.17) is 14.2 Å². The van der Waals surface area contributed by atoms with E-state index in [0.29, 0.717) is 12.0 Å². The third kappa shape index (κ3) is 3.84. The van der Waals surface area contributed by atoms with Gasteiger partial charge in [-0.3, -0.25) is 4.90 Å². The fraction of sp³-hybridized carbons (Fsp3) is 0.650. The highest BCUT2D eigenvalue weighted by Gasteiger charge is 2.30. The van der Waals surface area contributed by atoms with Crippen molar-refractivity contribution in [3.05, 3.63) is 29.8 Å². The molecule has 0 spiro atoms. The lowest BCUT2D eigenvalue weighted by Crippen LogP contribution is -2.38. The van der Waals surface area contributed by atoms with Crippen LogP contribution < -0.4 is 9.80 Å². The fourth-order valence-corrected chi connectivity index (χ4v) is 4.10. The average molecular weight is 384 g/mol. The molecule has 0 aromatic carbocycles. The fourth-order valence-electron chi connectivity index (χ4n) is 4.10.